The van der Waals surface area contributed by atoms with Crippen molar-refractivity contribution in [2.75, 3.05) is 25.6 Å². The van der Waals surface area contributed by atoms with E-state index in [0.29, 0.717) is 0 Å². The summed E-state index contributed by atoms with van der Waals surface area (Å²) >= 11 is 3.23. The molecule has 0 saturated carbocycles. The number of aliphatic hydroxyl groups is 1. The molecule has 0 aromatic heterocycles. The van der Waals surface area contributed by atoms with Gasteiger partial charge in [0.1, 0.15) is 0 Å². The maximum absolute atomic E-state index is 12.8. The third kappa shape index (κ3) is 3.52. The summed E-state index contributed by atoms with van der Waals surface area (Å²) in [6, 6.07) is 4.98. The van der Waals surface area contributed by atoms with Crippen molar-refractivity contribution >= 4 is 35.8 Å². The van der Waals surface area contributed by atoms with Crippen LogP contribution in [-0.2, 0) is 19.9 Å². The zero-order chi connectivity index (χ0) is 16.7. The smallest absolute Gasteiger partial charge is 0.256 e. The van der Waals surface area contributed by atoms with Crippen LogP contribution in [0.15, 0.2) is 33.6 Å². The van der Waals surface area contributed by atoms with Gasteiger partial charge in [-0.15, -0.1) is 4.41 Å². The number of aliphatic hydroxyl groups excluding tert-OH is 1. The maximum Gasteiger partial charge on any atom is 0.256 e. The Bertz CT molecular complexity index is 746. The first-order valence-electron chi connectivity index (χ1n) is 6.40. The van der Waals surface area contributed by atoms with Gasteiger partial charge in [-0.2, -0.15) is 0 Å². The van der Waals surface area contributed by atoms with Crippen LogP contribution < -0.4 is 0 Å². The van der Waals surface area contributed by atoms with Crippen LogP contribution >= 0.6 is 15.9 Å². The van der Waals surface area contributed by atoms with E-state index in [4.69, 9.17) is 0 Å². The number of nitrogens with zero attached hydrogens (tertiary/aromatic N) is 2. The van der Waals surface area contributed by atoms with E-state index in [2.05, 4.69) is 15.9 Å². The van der Waals surface area contributed by atoms with Crippen LogP contribution in [0.4, 0.5) is 0 Å². The first-order valence-corrected chi connectivity index (χ1v) is 10.5. The first kappa shape index (κ1) is 17.8. The topological polar surface area (TPSA) is 95.0 Å². The molecule has 2 atom stereocenters. The molecule has 0 spiro atoms. The van der Waals surface area contributed by atoms with Crippen LogP contribution in [0.25, 0.3) is 0 Å². The van der Waals surface area contributed by atoms with E-state index in [9.17, 15) is 21.9 Å². The molecule has 10 heteroatoms. The average Bonchev–Trinajstić information content (AvgIpc) is 2.62. The Morgan fingerprint density at radius 2 is 1.73 bits per heavy atom. The number of hydrazine groups is 1. The Kier molecular flexibility index (Phi) is 5.00. The van der Waals surface area contributed by atoms with Crippen molar-refractivity contribution in [3.8, 4) is 0 Å². The van der Waals surface area contributed by atoms with Gasteiger partial charge in [-0.3, -0.25) is 0 Å². The lowest BCUT2D eigenvalue weighted by Crippen LogP contribution is -2.53. The van der Waals surface area contributed by atoms with Crippen molar-refractivity contribution in [3.05, 3.63) is 28.7 Å². The largest absolute Gasteiger partial charge is 0.390 e. The van der Waals surface area contributed by atoms with Gasteiger partial charge < -0.3 is 5.11 Å². The maximum atomic E-state index is 12.8. The van der Waals surface area contributed by atoms with E-state index < -0.39 is 43.5 Å². The van der Waals surface area contributed by atoms with Crippen LogP contribution in [0.2, 0.25) is 0 Å². The summed E-state index contributed by atoms with van der Waals surface area (Å²) in [6.45, 7) is 0. The van der Waals surface area contributed by atoms with Gasteiger partial charge in [0.25, 0.3) is 10.0 Å². The second kappa shape index (κ2) is 6.17. The first-order chi connectivity index (χ1) is 10.0. The monoisotopic (exact) mass is 412 g/mol. The van der Waals surface area contributed by atoms with E-state index in [1.54, 1.807) is 12.1 Å². The molecule has 7 nitrogen and oxygen atoms in total. The summed E-state index contributed by atoms with van der Waals surface area (Å²) in [4.78, 5) is 0.0286. The minimum atomic E-state index is -3.97. The number of hydrogen-bond donors (Lipinski definition) is 1. The van der Waals surface area contributed by atoms with Crippen LogP contribution in [0, 0.1) is 0 Å². The molecule has 0 unspecified atom stereocenters. The number of hydrogen-bond acceptors (Lipinski definition) is 6. The molecule has 1 saturated heterocycles. The quantitative estimate of drug-likeness (QED) is 0.703. The van der Waals surface area contributed by atoms with Gasteiger partial charge in [-0.25, -0.2) is 21.8 Å². The molecule has 1 heterocycles. The van der Waals surface area contributed by atoms with E-state index >= 15 is 0 Å². The van der Waals surface area contributed by atoms with Gasteiger partial charge in [-0.1, -0.05) is 15.9 Å². The van der Waals surface area contributed by atoms with E-state index in [-0.39, 0.29) is 4.90 Å². The molecular weight excluding hydrogens is 396 g/mol. The number of rotatable bonds is 4. The van der Waals surface area contributed by atoms with Crippen molar-refractivity contribution in [2.45, 2.75) is 17.0 Å². The molecule has 1 aliphatic rings. The Hall–Kier alpha value is -0.520. The van der Waals surface area contributed by atoms with Crippen molar-refractivity contribution < 1.29 is 21.9 Å². The Morgan fingerprint density at radius 3 is 2.14 bits per heavy atom. The third-order valence-electron chi connectivity index (χ3n) is 3.33. The predicted octanol–water partition coefficient (Wildman–Crippen LogP) is 0.0743. The average molecular weight is 413 g/mol. The number of benzene rings is 1. The fourth-order valence-corrected chi connectivity index (χ4v) is 6.24. The summed E-state index contributed by atoms with van der Waals surface area (Å²) in [7, 11) is -4.44. The molecule has 2 rings (SSSR count). The fraction of sp³-hybridized carbons (Fsp3) is 0.500. The van der Waals surface area contributed by atoms with Gasteiger partial charge in [-0.05, 0) is 24.3 Å². The molecule has 0 amide bonds. The van der Waals surface area contributed by atoms with Crippen molar-refractivity contribution in [1.82, 2.24) is 9.42 Å². The van der Waals surface area contributed by atoms with Crippen molar-refractivity contribution in [3.63, 3.8) is 0 Å². The Labute approximate surface area is 138 Å². The molecular formula is C12H17BrN2O5S2. The predicted molar refractivity (Wildman–Crippen MR) is 85.3 cm³/mol. The van der Waals surface area contributed by atoms with E-state index in [1.165, 1.54) is 31.2 Å². The van der Waals surface area contributed by atoms with Crippen molar-refractivity contribution in [1.29, 1.82) is 0 Å². The molecule has 1 aromatic rings. The molecule has 22 heavy (non-hydrogen) atoms. The molecule has 0 radical (unpaired) electrons. The summed E-state index contributed by atoms with van der Waals surface area (Å²) in [5, 5.41) is 11.3. The normalized spacial score (nSPS) is 25.0. The number of halogens is 1. The molecule has 0 aliphatic carbocycles. The lowest BCUT2D eigenvalue weighted by molar-refractivity contribution is 0.0272. The lowest BCUT2D eigenvalue weighted by Gasteiger charge is -2.33. The fourth-order valence-electron chi connectivity index (χ4n) is 2.43. The van der Waals surface area contributed by atoms with Gasteiger partial charge in [0.05, 0.1) is 28.5 Å². The molecule has 0 bridgehead atoms. The van der Waals surface area contributed by atoms with Gasteiger partial charge in [0.15, 0.2) is 9.84 Å². The molecule has 124 valence electrons. The second-order valence-corrected chi connectivity index (χ2v) is 10.2. The van der Waals surface area contributed by atoms with Crippen molar-refractivity contribution in [2.24, 2.45) is 0 Å². The van der Waals surface area contributed by atoms with Gasteiger partial charge >= 0.3 is 0 Å². The summed E-state index contributed by atoms with van der Waals surface area (Å²) in [5.74, 6) is -0.833. The number of sulfone groups is 1. The highest BCUT2D eigenvalue weighted by Gasteiger charge is 2.46. The van der Waals surface area contributed by atoms with Gasteiger partial charge in [0.2, 0.25) is 0 Å². The SMILES string of the molecule is CN(C)N([C@H]1CS(=O)(=O)C[C@H]1O)S(=O)(=O)c1ccc(Br)cc1. The highest BCUT2D eigenvalue weighted by Crippen LogP contribution is 2.26. The highest BCUT2D eigenvalue weighted by molar-refractivity contribution is 9.10. The summed E-state index contributed by atoms with van der Waals surface area (Å²) in [6.07, 6.45) is -1.25. The van der Waals surface area contributed by atoms with Gasteiger partial charge in [0, 0.05) is 18.6 Å². The van der Waals surface area contributed by atoms with Crippen LogP contribution in [0.1, 0.15) is 0 Å². The van der Waals surface area contributed by atoms with Crippen LogP contribution in [0.5, 0.6) is 0 Å². The molecule has 1 aliphatic heterocycles. The molecule has 1 fully saturated rings. The molecule has 1 N–H and O–H groups in total. The zero-order valence-corrected chi connectivity index (χ0v) is 15.3. The summed E-state index contributed by atoms with van der Waals surface area (Å²) < 4.78 is 50.6. The third-order valence-corrected chi connectivity index (χ3v) is 7.51. The second-order valence-electron chi connectivity index (χ2n) is 5.29. The lowest BCUT2D eigenvalue weighted by atomic mass is 10.2. The van der Waals surface area contributed by atoms with Crippen LogP contribution in [0.3, 0.4) is 0 Å². The van der Waals surface area contributed by atoms with Crippen LogP contribution in [-0.4, -0.2) is 69.1 Å². The highest BCUT2D eigenvalue weighted by atomic mass is 79.9. The minimum Gasteiger partial charge on any atom is -0.390 e. The number of sulfonamides is 1. The zero-order valence-electron chi connectivity index (χ0n) is 12.0. The minimum absolute atomic E-state index is 0.0286. The summed E-state index contributed by atoms with van der Waals surface area (Å²) in [5.41, 5.74) is 0. The van der Waals surface area contributed by atoms with E-state index in [0.717, 1.165) is 8.89 Å². The standard InChI is InChI=1S/C12H17BrN2O5S2/c1-14(2)15(11-7-21(17,18)8-12(11)16)22(19,20)10-5-3-9(13)4-6-10/h3-6,11-12,16H,7-8H2,1-2H3/t11-,12+/m0/s1. The Morgan fingerprint density at radius 1 is 1.18 bits per heavy atom. The Balaban J connectivity index is 2.46. The van der Waals surface area contributed by atoms with E-state index in [1.807, 2.05) is 0 Å². The molecule has 1 aromatic carbocycles.